The van der Waals surface area contributed by atoms with E-state index in [4.69, 9.17) is 11.6 Å². The lowest BCUT2D eigenvalue weighted by Gasteiger charge is -2.19. The molecule has 1 heterocycles. The quantitative estimate of drug-likeness (QED) is 0.247. The molecule has 0 amide bonds. The van der Waals surface area contributed by atoms with Crippen molar-refractivity contribution < 1.29 is 18.0 Å². The summed E-state index contributed by atoms with van der Waals surface area (Å²) in [5.74, 6) is -0.448. The number of carbonyl (C=O) groups excluding carboxylic acids is 1. The van der Waals surface area contributed by atoms with Crippen molar-refractivity contribution in [2.45, 2.75) is 50.9 Å². The van der Waals surface area contributed by atoms with E-state index in [9.17, 15) is 22.8 Å². The molecule has 0 bridgehead atoms. The second-order valence-corrected chi connectivity index (χ2v) is 10.1. The van der Waals surface area contributed by atoms with Gasteiger partial charge in [0.1, 0.15) is 6.54 Å². The summed E-state index contributed by atoms with van der Waals surface area (Å²) >= 11 is 6.01. The Morgan fingerprint density at radius 2 is 1.68 bits per heavy atom. The Bertz CT molecular complexity index is 1540. The van der Waals surface area contributed by atoms with Gasteiger partial charge in [-0.05, 0) is 61.2 Å². The van der Waals surface area contributed by atoms with Crippen LogP contribution in [0.5, 0.6) is 0 Å². The van der Waals surface area contributed by atoms with Crippen LogP contribution in [0.3, 0.4) is 0 Å². The standard InChI is InChI=1S/C29H25ClF3N3O2/c1-18-4-2-5-20(14-18)26(21-6-3-7-22(15-21)29(31,32)33)16-25(37)17-35-28(38)36(24-12-13-24)27(34-35)19-8-10-23(30)11-9-19/h2-11,14-15,24,26H,12-13,16-17H2,1H3. The summed E-state index contributed by atoms with van der Waals surface area (Å²) in [7, 11) is 0. The van der Waals surface area contributed by atoms with E-state index in [0.29, 0.717) is 22.0 Å². The van der Waals surface area contributed by atoms with Crippen LogP contribution in [-0.2, 0) is 17.5 Å². The molecule has 196 valence electrons. The van der Waals surface area contributed by atoms with Crippen LogP contribution in [0.25, 0.3) is 11.4 Å². The van der Waals surface area contributed by atoms with Crippen LogP contribution in [0.4, 0.5) is 13.2 Å². The highest BCUT2D eigenvalue weighted by molar-refractivity contribution is 6.30. The van der Waals surface area contributed by atoms with E-state index in [1.807, 2.05) is 25.1 Å². The first kappa shape index (κ1) is 26.0. The molecule has 0 radical (unpaired) electrons. The number of benzene rings is 3. The molecular formula is C29H25ClF3N3O2. The van der Waals surface area contributed by atoms with E-state index in [1.54, 1.807) is 41.0 Å². The molecule has 9 heteroatoms. The van der Waals surface area contributed by atoms with Crippen LogP contribution >= 0.6 is 11.6 Å². The number of halogens is 4. The predicted molar refractivity (Wildman–Crippen MR) is 139 cm³/mol. The highest BCUT2D eigenvalue weighted by atomic mass is 35.5. The van der Waals surface area contributed by atoms with Crippen LogP contribution in [0.1, 0.15) is 53.5 Å². The van der Waals surface area contributed by atoms with Gasteiger partial charge in [-0.3, -0.25) is 9.36 Å². The molecule has 1 atom stereocenters. The number of Topliss-reactive ketones (excluding diaryl/α,β-unsaturated/α-hetero) is 1. The summed E-state index contributed by atoms with van der Waals surface area (Å²) < 4.78 is 43.1. The van der Waals surface area contributed by atoms with Gasteiger partial charge in [0.2, 0.25) is 0 Å². The molecule has 0 saturated heterocycles. The maximum Gasteiger partial charge on any atom is 0.416 e. The Kier molecular flexibility index (Phi) is 7.01. The Hall–Kier alpha value is -3.65. The Labute approximate surface area is 222 Å². The van der Waals surface area contributed by atoms with Gasteiger partial charge in [-0.1, -0.05) is 59.6 Å². The Balaban J connectivity index is 1.46. The number of aryl methyl sites for hydroxylation is 1. The summed E-state index contributed by atoms with van der Waals surface area (Å²) in [6.07, 6.45) is -2.88. The zero-order valence-electron chi connectivity index (χ0n) is 20.6. The van der Waals surface area contributed by atoms with Gasteiger partial charge < -0.3 is 0 Å². The van der Waals surface area contributed by atoms with Crippen LogP contribution in [0, 0.1) is 6.92 Å². The lowest BCUT2D eigenvalue weighted by atomic mass is 9.85. The van der Waals surface area contributed by atoms with Crippen molar-refractivity contribution in [3.8, 4) is 11.4 Å². The van der Waals surface area contributed by atoms with Crippen molar-refractivity contribution in [1.29, 1.82) is 0 Å². The van der Waals surface area contributed by atoms with Gasteiger partial charge in [0.25, 0.3) is 0 Å². The topological polar surface area (TPSA) is 56.9 Å². The third kappa shape index (κ3) is 5.60. The number of alkyl halides is 3. The zero-order valence-corrected chi connectivity index (χ0v) is 21.3. The van der Waals surface area contributed by atoms with Crippen LogP contribution in [0.2, 0.25) is 5.02 Å². The predicted octanol–water partition coefficient (Wildman–Crippen LogP) is 6.82. The molecule has 1 unspecified atom stereocenters. The van der Waals surface area contributed by atoms with Crippen LogP contribution < -0.4 is 5.69 Å². The van der Waals surface area contributed by atoms with Gasteiger partial charge >= 0.3 is 11.9 Å². The minimum Gasteiger partial charge on any atom is -0.298 e. The van der Waals surface area contributed by atoms with Crippen molar-refractivity contribution in [3.05, 3.63) is 111 Å². The van der Waals surface area contributed by atoms with Crippen molar-refractivity contribution in [1.82, 2.24) is 14.3 Å². The van der Waals surface area contributed by atoms with Crippen molar-refractivity contribution in [2.24, 2.45) is 0 Å². The Morgan fingerprint density at radius 1 is 1.03 bits per heavy atom. The summed E-state index contributed by atoms with van der Waals surface area (Å²) in [5.41, 5.74) is 1.61. The fourth-order valence-corrected chi connectivity index (χ4v) is 4.81. The van der Waals surface area contributed by atoms with Gasteiger partial charge in [0.15, 0.2) is 11.6 Å². The average molecular weight is 540 g/mol. The summed E-state index contributed by atoms with van der Waals surface area (Å²) in [4.78, 5) is 26.6. The highest BCUT2D eigenvalue weighted by Gasteiger charge is 2.33. The maximum atomic E-state index is 13.4. The first-order valence-electron chi connectivity index (χ1n) is 12.3. The van der Waals surface area contributed by atoms with Gasteiger partial charge in [0, 0.05) is 29.0 Å². The third-order valence-corrected chi connectivity index (χ3v) is 6.96. The molecule has 0 N–H and O–H groups in total. The molecule has 38 heavy (non-hydrogen) atoms. The van der Waals surface area contributed by atoms with E-state index in [1.165, 1.54) is 6.07 Å². The fourth-order valence-electron chi connectivity index (χ4n) is 4.69. The van der Waals surface area contributed by atoms with Gasteiger partial charge in [-0.15, -0.1) is 5.10 Å². The Morgan fingerprint density at radius 3 is 2.32 bits per heavy atom. The summed E-state index contributed by atoms with van der Waals surface area (Å²) in [5, 5.41) is 5.03. The van der Waals surface area contributed by atoms with Crippen LogP contribution in [-0.4, -0.2) is 20.1 Å². The average Bonchev–Trinajstić information content (AvgIpc) is 3.66. The lowest BCUT2D eigenvalue weighted by Crippen LogP contribution is -2.28. The number of ketones is 1. The van der Waals surface area contributed by atoms with Gasteiger partial charge in [-0.2, -0.15) is 13.2 Å². The molecule has 3 aromatic carbocycles. The first-order valence-corrected chi connectivity index (χ1v) is 12.7. The minimum atomic E-state index is -4.50. The van der Waals surface area contributed by atoms with E-state index >= 15 is 0 Å². The molecule has 1 fully saturated rings. The highest BCUT2D eigenvalue weighted by Crippen LogP contribution is 2.37. The summed E-state index contributed by atoms with van der Waals surface area (Å²) in [6.45, 7) is 1.61. The second-order valence-electron chi connectivity index (χ2n) is 9.70. The van der Waals surface area contributed by atoms with Crippen molar-refractivity contribution in [3.63, 3.8) is 0 Å². The number of hydrogen-bond acceptors (Lipinski definition) is 3. The maximum absolute atomic E-state index is 13.4. The van der Waals surface area contributed by atoms with Crippen molar-refractivity contribution >= 4 is 17.4 Å². The number of hydrogen-bond donors (Lipinski definition) is 0. The molecule has 0 aliphatic heterocycles. The molecule has 0 spiro atoms. The monoisotopic (exact) mass is 539 g/mol. The summed E-state index contributed by atoms with van der Waals surface area (Å²) in [6, 6.07) is 19.4. The molecule has 4 aromatic rings. The molecule has 1 aromatic heterocycles. The molecule has 1 aliphatic carbocycles. The largest absolute Gasteiger partial charge is 0.416 e. The third-order valence-electron chi connectivity index (χ3n) is 6.70. The molecule has 5 rings (SSSR count). The molecule has 5 nitrogen and oxygen atoms in total. The van der Waals surface area contributed by atoms with E-state index in [0.717, 1.165) is 40.8 Å². The molecule has 1 aliphatic rings. The fraction of sp³-hybridized carbons (Fsp3) is 0.276. The number of carbonyl (C=O) groups is 1. The molecular weight excluding hydrogens is 515 g/mol. The minimum absolute atomic E-state index is 0.0298. The van der Waals surface area contributed by atoms with E-state index in [2.05, 4.69) is 5.10 Å². The van der Waals surface area contributed by atoms with E-state index in [-0.39, 0.29) is 30.5 Å². The number of nitrogens with zero attached hydrogens (tertiary/aromatic N) is 3. The lowest BCUT2D eigenvalue weighted by molar-refractivity contribution is -0.137. The smallest absolute Gasteiger partial charge is 0.298 e. The zero-order chi connectivity index (χ0) is 27.0. The van der Waals surface area contributed by atoms with Crippen LogP contribution in [0.15, 0.2) is 77.6 Å². The van der Waals surface area contributed by atoms with Gasteiger partial charge in [-0.25, -0.2) is 9.48 Å². The molecule has 1 saturated carbocycles. The first-order chi connectivity index (χ1) is 18.1. The normalized spacial score (nSPS) is 14.4. The SMILES string of the molecule is Cc1cccc(C(CC(=O)Cn2nc(-c3ccc(Cl)cc3)n(C3CC3)c2=O)c2cccc(C(F)(F)F)c2)c1. The second kappa shape index (κ2) is 10.3. The van der Waals surface area contributed by atoms with Gasteiger partial charge in [0.05, 0.1) is 5.56 Å². The number of rotatable bonds is 8. The van der Waals surface area contributed by atoms with E-state index < -0.39 is 17.7 Å². The van der Waals surface area contributed by atoms with Crippen molar-refractivity contribution in [2.75, 3.05) is 0 Å². The number of aromatic nitrogens is 3.